The van der Waals surface area contributed by atoms with E-state index in [1.165, 1.54) is 26.0 Å². The molecule has 7 nitrogen and oxygen atoms in total. The lowest BCUT2D eigenvalue weighted by Gasteiger charge is -2.12. The molecule has 2 rings (SSSR count). The minimum atomic E-state index is -4.61. The minimum absolute atomic E-state index is 0.123. The highest BCUT2D eigenvalue weighted by atomic mass is 19.4. The molecule has 0 aliphatic heterocycles. The van der Waals surface area contributed by atoms with Crippen molar-refractivity contribution in [2.45, 2.75) is 26.1 Å². The number of guanidine groups is 1. The van der Waals surface area contributed by atoms with Gasteiger partial charge in [0.25, 0.3) is 5.91 Å². The molecule has 2 aromatic rings. The molecule has 1 heterocycles. The number of aliphatic hydroxyl groups is 1. The number of nitrogens with zero attached hydrogens (tertiary/aromatic N) is 2. The average Bonchev–Trinajstić information content (AvgIpc) is 3.05. The summed E-state index contributed by atoms with van der Waals surface area (Å²) in [5, 5.41) is 19.2. The van der Waals surface area contributed by atoms with Gasteiger partial charge in [0.15, 0.2) is 5.82 Å². The smallest absolute Gasteiger partial charge is 0.394 e. The summed E-state index contributed by atoms with van der Waals surface area (Å²) in [7, 11) is 0. The SMILES string of the molecule is Cc1cc(C(=O)NC(=N[C@H](C)CO)Nc2cc(C(F)(F)F)[nH]n2)ccc1F. The maximum absolute atomic E-state index is 13.3. The van der Waals surface area contributed by atoms with Crippen molar-refractivity contribution in [3.05, 3.63) is 46.9 Å². The lowest BCUT2D eigenvalue weighted by molar-refractivity contribution is -0.141. The lowest BCUT2D eigenvalue weighted by atomic mass is 10.1. The van der Waals surface area contributed by atoms with Crippen LogP contribution in [0, 0.1) is 12.7 Å². The topological polar surface area (TPSA) is 102 Å². The summed E-state index contributed by atoms with van der Waals surface area (Å²) < 4.78 is 51.3. The monoisotopic (exact) mass is 387 g/mol. The average molecular weight is 387 g/mol. The third-order valence-corrected chi connectivity index (χ3v) is 3.40. The molecular weight excluding hydrogens is 370 g/mol. The van der Waals surface area contributed by atoms with Crippen molar-refractivity contribution in [2.75, 3.05) is 11.9 Å². The van der Waals surface area contributed by atoms with Gasteiger partial charge in [-0.25, -0.2) is 9.38 Å². The van der Waals surface area contributed by atoms with Crippen LogP contribution >= 0.6 is 0 Å². The molecule has 1 atom stereocenters. The fraction of sp³-hybridized carbons (Fsp3) is 0.312. The quantitative estimate of drug-likeness (QED) is 0.368. The summed E-state index contributed by atoms with van der Waals surface area (Å²) in [6, 6.07) is 3.74. The van der Waals surface area contributed by atoms with Crippen LogP contribution in [0.3, 0.4) is 0 Å². The standard InChI is InChI=1S/C16H17F4N5O2/c1-8-5-10(3-4-11(8)17)14(27)23-15(21-9(2)7-26)22-13-6-12(24-25-13)16(18,19)20/h3-6,9,26H,7H2,1-2H3,(H3,21,22,23,24,25,27)/t9-/m1/s1. The Hall–Kier alpha value is -2.95. The number of hydrogen-bond donors (Lipinski definition) is 4. The van der Waals surface area contributed by atoms with E-state index in [4.69, 9.17) is 5.11 Å². The van der Waals surface area contributed by atoms with Crippen molar-refractivity contribution >= 4 is 17.7 Å². The molecule has 146 valence electrons. The summed E-state index contributed by atoms with van der Waals surface area (Å²) in [6.07, 6.45) is -4.61. The number of halogens is 4. The normalized spacial score (nSPS) is 13.4. The second kappa shape index (κ2) is 8.16. The number of amides is 1. The molecule has 11 heteroatoms. The molecule has 0 fully saturated rings. The molecule has 0 aliphatic rings. The summed E-state index contributed by atoms with van der Waals surface area (Å²) in [5.41, 5.74) is -0.710. The van der Waals surface area contributed by atoms with Crippen LogP contribution in [-0.4, -0.2) is 39.8 Å². The maximum Gasteiger partial charge on any atom is 0.432 e. The highest BCUT2D eigenvalue weighted by Crippen LogP contribution is 2.28. The van der Waals surface area contributed by atoms with Gasteiger partial charge in [0, 0.05) is 11.6 Å². The third-order valence-electron chi connectivity index (χ3n) is 3.40. The first-order valence-corrected chi connectivity index (χ1v) is 7.76. The fourth-order valence-corrected chi connectivity index (χ4v) is 1.97. The number of rotatable bonds is 4. The van der Waals surface area contributed by atoms with E-state index in [0.717, 1.165) is 6.07 Å². The van der Waals surface area contributed by atoms with Crippen LogP contribution in [0.1, 0.15) is 28.5 Å². The van der Waals surface area contributed by atoms with E-state index in [0.29, 0.717) is 6.07 Å². The third kappa shape index (κ3) is 5.51. The van der Waals surface area contributed by atoms with Crippen LogP contribution in [0.4, 0.5) is 23.4 Å². The van der Waals surface area contributed by atoms with E-state index in [9.17, 15) is 22.4 Å². The number of anilines is 1. The number of aryl methyl sites for hydroxylation is 1. The Balaban J connectivity index is 2.21. The number of nitrogens with one attached hydrogen (secondary N) is 3. The largest absolute Gasteiger partial charge is 0.432 e. The summed E-state index contributed by atoms with van der Waals surface area (Å²) in [6.45, 7) is 2.65. The highest BCUT2D eigenvalue weighted by Gasteiger charge is 2.33. The molecule has 27 heavy (non-hydrogen) atoms. The van der Waals surface area contributed by atoms with Crippen LogP contribution in [0.2, 0.25) is 0 Å². The molecule has 0 saturated carbocycles. The zero-order chi connectivity index (χ0) is 20.2. The van der Waals surface area contributed by atoms with Crippen molar-refractivity contribution in [1.29, 1.82) is 0 Å². The Morgan fingerprint density at radius 1 is 1.37 bits per heavy atom. The van der Waals surface area contributed by atoms with Crippen LogP contribution in [0.15, 0.2) is 29.3 Å². The molecule has 1 amide bonds. The van der Waals surface area contributed by atoms with Gasteiger partial charge in [-0.1, -0.05) is 0 Å². The molecular formula is C16H17F4N5O2. The first kappa shape index (κ1) is 20.4. The number of aromatic amines is 1. The van der Waals surface area contributed by atoms with E-state index in [1.54, 1.807) is 0 Å². The van der Waals surface area contributed by atoms with Crippen molar-refractivity contribution in [3.63, 3.8) is 0 Å². The number of carbonyl (C=O) groups excluding carboxylic acids is 1. The second-order valence-corrected chi connectivity index (χ2v) is 5.72. The first-order chi connectivity index (χ1) is 12.6. The molecule has 1 aromatic carbocycles. The number of carbonyl (C=O) groups is 1. The Bertz CT molecular complexity index is 848. The predicted molar refractivity (Wildman–Crippen MR) is 89.8 cm³/mol. The Morgan fingerprint density at radius 2 is 2.07 bits per heavy atom. The first-order valence-electron chi connectivity index (χ1n) is 7.76. The lowest BCUT2D eigenvalue weighted by Crippen LogP contribution is -2.37. The molecule has 0 bridgehead atoms. The van der Waals surface area contributed by atoms with Gasteiger partial charge in [-0.3, -0.25) is 15.2 Å². The summed E-state index contributed by atoms with van der Waals surface area (Å²) in [4.78, 5) is 16.3. The number of H-pyrrole nitrogens is 1. The zero-order valence-corrected chi connectivity index (χ0v) is 14.4. The van der Waals surface area contributed by atoms with E-state index in [1.807, 2.05) is 5.10 Å². The summed E-state index contributed by atoms with van der Waals surface area (Å²) >= 11 is 0. The number of aliphatic imine (C=N–C) groups is 1. The van der Waals surface area contributed by atoms with Crippen molar-refractivity contribution in [1.82, 2.24) is 15.5 Å². The van der Waals surface area contributed by atoms with Gasteiger partial charge in [0.1, 0.15) is 11.5 Å². The summed E-state index contributed by atoms with van der Waals surface area (Å²) in [5.74, 6) is -1.60. The van der Waals surface area contributed by atoms with Gasteiger partial charge >= 0.3 is 6.18 Å². The van der Waals surface area contributed by atoms with Gasteiger partial charge in [0.05, 0.1) is 12.6 Å². The van der Waals surface area contributed by atoms with Gasteiger partial charge in [-0.15, -0.1) is 0 Å². The molecule has 0 saturated heterocycles. The molecule has 1 aromatic heterocycles. The van der Waals surface area contributed by atoms with Crippen LogP contribution in [-0.2, 0) is 6.18 Å². The van der Waals surface area contributed by atoms with E-state index in [-0.39, 0.29) is 29.5 Å². The van der Waals surface area contributed by atoms with Crippen molar-refractivity contribution in [3.8, 4) is 0 Å². The zero-order valence-electron chi connectivity index (χ0n) is 14.4. The number of aliphatic hydroxyl groups excluding tert-OH is 1. The highest BCUT2D eigenvalue weighted by molar-refractivity contribution is 6.09. The second-order valence-electron chi connectivity index (χ2n) is 5.72. The number of alkyl halides is 3. The van der Waals surface area contributed by atoms with Gasteiger partial charge in [0.2, 0.25) is 5.96 Å². The van der Waals surface area contributed by atoms with E-state index >= 15 is 0 Å². The van der Waals surface area contributed by atoms with Crippen LogP contribution in [0.5, 0.6) is 0 Å². The molecule has 0 unspecified atom stereocenters. The number of hydrogen-bond acceptors (Lipinski definition) is 4. The maximum atomic E-state index is 13.3. The molecule has 4 N–H and O–H groups in total. The predicted octanol–water partition coefficient (Wildman–Crippen LogP) is 2.45. The number of aromatic nitrogens is 2. The van der Waals surface area contributed by atoms with Gasteiger partial charge in [-0.05, 0) is 37.6 Å². The van der Waals surface area contributed by atoms with Gasteiger partial charge < -0.3 is 10.4 Å². The van der Waals surface area contributed by atoms with E-state index < -0.39 is 29.6 Å². The molecule has 0 spiro atoms. The Morgan fingerprint density at radius 3 is 2.63 bits per heavy atom. The Labute approximate surface area is 151 Å². The van der Waals surface area contributed by atoms with Crippen LogP contribution < -0.4 is 10.6 Å². The fourth-order valence-electron chi connectivity index (χ4n) is 1.97. The van der Waals surface area contributed by atoms with Gasteiger partial charge in [-0.2, -0.15) is 18.3 Å². The number of benzene rings is 1. The molecule has 0 aliphatic carbocycles. The molecule has 0 radical (unpaired) electrons. The Kier molecular flexibility index (Phi) is 6.16. The minimum Gasteiger partial charge on any atom is -0.394 e. The van der Waals surface area contributed by atoms with Crippen molar-refractivity contribution in [2.24, 2.45) is 4.99 Å². The van der Waals surface area contributed by atoms with Crippen molar-refractivity contribution < 1.29 is 27.5 Å². The van der Waals surface area contributed by atoms with E-state index in [2.05, 4.69) is 20.7 Å². The van der Waals surface area contributed by atoms with Crippen LogP contribution in [0.25, 0.3) is 0 Å².